The molecule has 2 aromatic carbocycles. The van der Waals surface area contributed by atoms with Crippen molar-refractivity contribution < 1.29 is 27.9 Å². The zero-order chi connectivity index (χ0) is 20.3. The highest BCUT2D eigenvalue weighted by Gasteiger charge is 2.24. The molecule has 8 heteroatoms. The summed E-state index contributed by atoms with van der Waals surface area (Å²) in [5.41, 5.74) is 0.409. The van der Waals surface area contributed by atoms with E-state index in [9.17, 15) is 23.2 Å². The van der Waals surface area contributed by atoms with Crippen molar-refractivity contribution in [1.82, 2.24) is 0 Å². The van der Waals surface area contributed by atoms with E-state index in [4.69, 9.17) is 4.74 Å². The molecule has 1 aliphatic rings. The van der Waals surface area contributed by atoms with Gasteiger partial charge in [0.05, 0.1) is 11.3 Å². The number of esters is 1. The van der Waals surface area contributed by atoms with Crippen LogP contribution in [0, 0.1) is 11.6 Å². The van der Waals surface area contributed by atoms with E-state index >= 15 is 0 Å². The van der Waals surface area contributed by atoms with E-state index < -0.39 is 29.6 Å². The van der Waals surface area contributed by atoms with E-state index in [1.807, 2.05) is 0 Å². The average Bonchev–Trinajstić information content (AvgIpc) is 3.10. The van der Waals surface area contributed by atoms with Gasteiger partial charge in [-0.1, -0.05) is 6.07 Å². The Hall–Kier alpha value is -3.29. The molecule has 2 aromatic rings. The Kier molecular flexibility index (Phi) is 5.67. The molecule has 0 saturated carbocycles. The standard InChI is InChI=1S/C20H18F2N2O4/c1-12(19(26)23-17-11-14(21)7-8-16(17)22)28-20(27)13-4-2-5-15(10-13)24-9-3-6-18(24)25/h2,4-5,7-8,10-12H,3,6,9H2,1H3,(H,23,26). The first kappa shape index (κ1) is 19.5. The van der Waals surface area contributed by atoms with Crippen LogP contribution in [0.2, 0.25) is 0 Å². The lowest BCUT2D eigenvalue weighted by Gasteiger charge is -2.17. The fourth-order valence-electron chi connectivity index (χ4n) is 2.83. The Balaban J connectivity index is 1.66. The van der Waals surface area contributed by atoms with E-state index in [-0.39, 0.29) is 17.2 Å². The molecule has 0 spiro atoms. The van der Waals surface area contributed by atoms with Crippen LogP contribution in [0.25, 0.3) is 0 Å². The van der Waals surface area contributed by atoms with Crippen molar-refractivity contribution >= 4 is 29.2 Å². The molecule has 6 nitrogen and oxygen atoms in total. The molecule has 1 saturated heterocycles. The van der Waals surface area contributed by atoms with Crippen LogP contribution in [0.4, 0.5) is 20.2 Å². The number of amides is 2. The van der Waals surface area contributed by atoms with Crippen molar-refractivity contribution in [2.75, 3.05) is 16.8 Å². The van der Waals surface area contributed by atoms with Crippen LogP contribution < -0.4 is 10.2 Å². The lowest BCUT2D eigenvalue weighted by atomic mass is 10.2. The van der Waals surface area contributed by atoms with Crippen LogP contribution in [-0.4, -0.2) is 30.4 Å². The highest BCUT2D eigenvalue weighted by molar-refractivity contribution is 5.99. The predicted molar refractivity (Wildman–Crippen MR) is 97.9 cm³/mol. The van der Waals surface area contributed by atoms with E-state index in [0.717, 1.165) is 24.6 Å². The van der Waals surface area contributed by atoms with Crippen LogP contribution in [-0.2, 0) is 14.3 Å². The van der Waals surface area contributed by atoms with E-state index in [2.05, 4.69) is 5.32 Å². The number of hydrogen-bond donors (Lipinski definition) is 1. The molecule has 146 valence electrons. The number of benzene rings is 2. The number of nitrogens with zero attached hydrogens (tertiary/aromatic N) is 1. The average molecular weight is 388 g/mol. The van der Waals surface area contributed by atoms with Crippen molar-refractivity contribution in [1.29, 1.82) is 0 Å². The topological polar surface area (TPSA) is 75.7 Å². The van der Waals surface area contributed by atoms with Crippen LogP contribution >= 0.6 is 0 Å². The monoisotopic (exact) mass is 388 g/mol. The summed E-state index contributed by atoms with van der Waals surface area (Å²) in [6.07, 6.45) is -0.0311. The van der Waals surface area contributed by atoms with Gasteiger partial charge in [-0.05, 0) is 43.7 Å². The molecule has 1 heterocycles. The number of rotatable bonds is 5. The largest absolute Gasteiger partial charge is 0.449 e. The maximum atomic E-state index is 13.6. The maximum Gasteiger partial charge on any atom is 0.338 e. The highest BCUT2D eigenvalue weighted by atomic mass is 19.1. The summed E-state index contributed by atoms with van der Waals surface area (Å²) in [4.78, 5) is 37.9. The molecule has 1 unspecified atom stereocenters. The van der Waals surface area contributed by atoms with Crippen LogP contribution in [0.15, 0.2) is 42.5 Å². The van der Waals surface area contributed by atoms with Gasteiger partial charge in [0.25, 0.3) is 5.91 Å². The molecule has 0 aliphatic carbocycles. The summed E-state index contributed by atoms with van der Waals surface area (Å²) in [5.74, 6) is -3.11. The van der Waals surface area contributed by atoms with Gasteiger partial charge in [-0.2, -0.15) is 0 Å². The lowest BCUT2D eigenvalue weighted by molar-refractivity contribution is -0.123. The predicted octanol–water partition coefficient (Wildman–Crippen LogP) is 3.28. The minimum atomic E-state index is -1.24. The fourth-order valence-corrected chi connectivity index (χ4v) is 2.83. The second-order valence-electron chi connectivity index (χ2n) is 6.36. The molecule has 0 radical (unpaired) electrons. The number of nitrogens with one attached hydrogen (secondary N) is 1. The van der Waals surface area contributed by atoms with Gasteiger partial charge in [0.15, 0.2) is 6.10 Å². The lowest BCUT2D eigenvalue weighted by Crippen LogP contribution is -2.30. The number of carbonyl (C=O) groups excluding carboxylic acids is 3. The minimum Gasteiger partial charge on any atom is -0.449 e. The maximum absolute atomic E-state index is 13.6. The third kappa shape index (κ3) is 4.33. The van der Waals surface area contributed by atoms with Crippen molar-refractivity contribution in [2.45, 2.75) is 25.9 Å². The van der Waals surface area contributed by atoms with Gasteiger partial charge >= 0.3 is 5.97 Å². The molecule has 0 bridgehead atoms. The molecule has 1 fully saturated rings. The zero-order valence-electron chi connectivity index (χ0n) is 15.1. The molecular formula is C20H18F2N2O4. The Morgan fingerprint density at radius 2 is 1.96 bits per heavy atom. The Morgan fingerprint density at radius 1 is 1.18 bits per heavy atom. The van der Waals surface area contributed by atoms with Crippen LogP contribution in [0.3, 0.4) is 0 Å². The first-order valence-corrected chi connectivity index (χ1v) is 8.72. The number of carbonyl (C=O) groups is 3. The van der Waals surface area contributed by atoms with Gasteiger partial charge in [0.1, 0.15) is 11.6 Å². The highest BCUT2D eigenvalue weighted by Crippen LogP contribution is 2.23. The van der Waals surface area contributed by atoms with Crippen molar-refractivity contribution in [3.05, 3.63) is 59.7 Å². The van der Waals surface area contributed by atoms with Gasteiger partial charge in [-0.3, -0.25) is 9.59 Å². The van der Waals surface area contributed by atoms with Gasteiger partial charge in [-0.15, -0.1) is 0 Å². The normalized spacial score (nSPS) is 14.7. The van der Waals surface area contributed by atoms with E-state index in [1.165, 1.54) is 19.1 Å². The summed E-state index contributed by atoms with van der Waals surface area (Å²) >= 11 is 0. The SMILES string of the molecule is CC(OC(=O)c1cccc(N2CCCC2=O)c1)C(=O)Nc1cc(F)ccc1F. The fraction of sp³-hybridized carbons (Fsp3) is 0.250. The molecule has 2 amide bonds. The summed E-state index contributed by atoms with van der Waals surface area (Å²) < 4.78 is 31.9. The second-order valence-corrected chi connectivity index (χ2v) is 6.36. The molecule has 0 aromatic heterocycles. The number of anilines is 2. The molecule has 1 N–H and O–H groups in total. The smallest absolute Gasteiger partial charge is 0.338 e. The summed E-state index contributed by atoms with van der Waals surface area (Å²) in [7, 11) is 0. The van der Waals surface area contributed by atoms with Crippen molar-refractivity contribution in [2.24, 2.45) is 0 Å². The molecule has 3 rings (SSSR count). The Bertz CT molecular complexity index is 932. The minimum absolute atomic E-state index is 0.0182. The van der Waals surface area contributed by atoms with Gasteiger partial charge in [0.2, 0.25) is 5.91 Å². The molecular weight excluding hydrogens is 370 g/mol. The number of ether oxygens (including phenoxy) is 1. The molecule has 1 atom stereocenters. The van der Waals surface area contributed by atoms with Gasteiger partial charge < -0.3 is 15.0 Å². The summed E-state index contributed by atoms with van der Waals surface area (Å²) in [6.45, 7) is 1.90. The zero-order valence-corrected chi connectivity index (χ0v) is 15.1. The van der Waals surface area contributed by atoms with Crippen LogP contribution in [0.5, 0.6) is 0 Å². The molecule has 28 heavy (non-hydrogen) atoms. The third-order valence-corrected chi connectivity index (χ3v) is 4.31. The first-order valence-electron chi connectivity index (χ1n) is 8.72. The van der Waals surface area contributed by atoms with E-state index in [0.29, 0.717) is 18.7 Å². The van der Waals surface area contributed by atoms with E-state index in [1.54, 1.807) is 17.0 Å². The summed E-state index contributed by atoms with van der Waals surface area (Å²) in [6, 6.07) is 8.98. The summed E-state index contributed by atoms with van der Waals surface area (Å²) in [5, 5.41) is 2.19. The number of hydrogen-bond acceptors (Lipinski definition) is 4. The molecule has 1 aliphatic heterocycles. The van der Waals surface area contributed by atoms with Crippen LogP contribution in [0.1, 0.15) is 30.1 Å². The van der Waals surface area contributed by atoms with Crippen molar-refractivity contribution in [3.63, 3.8) is 0 Å². The first-order chi connectivity index (χ1) is 13.3. The van der Waals surface area contributed by atoms with Gasteiger partial charge in [-0.25, -0.2) is 13.6 Å². The Morgan fingerprint density at radius 3 is 2.68 bits per heavy atom. The Labute approximate surface area is 160 Å². The third-order valence-electron chi connectivity index (χ3n) is 4.31. The quantitative estimate of drug-likeness (QED) is 0.798. The number of halogens is 2. The van der Waals surface area contributed by atoms with Gasteiger partial charge in [0, 0.05) is 24.7 Å². The van der Waals surface area contributed by atoms with Crippen molar-refractivity contribution in [3.8, 4) is 0 Å². The second kappa shape index (κ2) is 8.16.